The van der Waals surface area contributed by atoms with E-state index in [2.05, 4.69) is 5.32 Å². The summed E-state index contributed by atoms with van der Waals surface area (Å²) in [7, 11) is 0. The van der Waals surface area contributed by atoms with Gasteiger partial charge in [-0.25, -0.2) is 0 Å². The molecule has 1 amide bonds. The van der Waals surface area contributed by atoms with Gasteiger partial charge in [0, 0.05) is 6.54 Å². The Kier molecular flexibility index (Phi) is 5.20. The van der Waals surface area contributed by atoms with Crippen LogP contribution in [0.15, 0.2) is 0 Å². The number of aliphatic hydroxyl groups is 1. The molecule has 0 saturated carbocycles. The lowest BCUT2D eigenvalue weighted by atomic mass is 9.96. The first-order chi connectivity index (χ1) is 7.93. The van der Waals surface area contributed by atoms with Crippen LogP contribution in [0.5, 0.6) is 0 Å². The Morgan fingerprint density at radius 1 is 1.35 bits per heavy atom. The van der Waals surface area contributed by atoms with Crippen molar-refractivity contribution in [2.45, 2.75) is 19.0 Å². The van der Waals surface area contributed by atoms with E-state index in [1.807, 2.05) is 0 Å². The smallest absolute Gasteiger partial charge is 0.391 e. The van der Waals surface area contributed by atoms with Gasteiger partial charge in [-0.2, -0.15) is 13.2 Å². The van der Waals surface area contributed by atoms with E-state index in [0.717, 1.165) is 0 Å². The molecule has 0 aromatic rings. The Bertz CT molecular complexity index is 250. The van der Waals surface area contributed by atoms with Crippen LogP contribution < -0.4 is 5.32 Å². The molecule has 1 saturated heterocycles. The van der Waals surface area contributed by atoms with Gasteiger partial charge >= 0.3 is 6.18 Å². The van der Waals surface area contributed by atoms with Gasteiger partial charge in [0.2, 0.25) is 5.91 Å². The largest absolute Gasteiger partial charge is 0.395 e. The van der Waals surface area contributed by atoms with Crippen LogP contribution in [-0.2, 0) is 4.79 Å². The number of nitrogens with one attached hydrogen (secondary N) is 1. The number of halogens is 3. The quantitative estimate of drug-likeness (QED) is 0.762. The fourth-order valence-electron chi connectivity index (χ4n) is 1.87. The maximum atomic E-state index is 12.4. The number of rotatable bonds is 4. The number of piperidine rings is 1. The summed E-state index contributed by atoms with van der Waals surface area (Å²) in [5.74, 6) is -1.50. The second kappa shape index (κ2) is 6.20. The summed E-state index contributed by atoms with van der Waals surface area (Å²) in [6.45, 7) is 0.720. The van der Waals surface area contributed by atoms with Crippen molar-refractivity contribution < 1.29 is 23.1 Å². The van der Waals surface area contributed by atoms with Crippen molar-refractivity contribution in [1.29, 1.82) is 0 Å². The van der Waals surface area contributed by atoms with Crippen LogP contribution in [0.1, 0.15) is 12.8 Å². The second-order valence-electron chi connectivity index (χ2n) is 4.17. The lowest BCUT2D eigenvalue weighted by Gasteiger charge is -2.32. The van der Waals surface area contributed by atoms with Crippen molar-refractivity contribution in [3.05, 3.63) is 0 Å². The zero-order valence-electron chi connectivity index (χ0n) is 9.46. The highest BCUT2D eigenvalue weighted by Crippen LogP contribution is 2.33. The van der Waals surface area contributed by atoms with Gasteiger partial charge in [-0.3, -0.25) is 9.69 Å². The molecular weight excluding hydrogens is 237 g/mol. The van der Waals surface area contributed by atoms with Gasteiger partial charge in [0.1, 0.15) is 0 Å². The first kappa shape index (κ1) is 14.2. The van der Waals surface area contributed by atoms with Gasteiger partial charge in [0.15, 0.2) is 0 Å². The van der Waals surface area contributed by atoms with Crippen LogP contribution in [0, 0.1) is 5.92 Å². The number of carbonyl (C=O) groups excluding carboxylic acids is 1. The van der Waals surface area contributed by atoms with Crippen molar-refractivity contribution in [1.82, 2.24) is 10.2 Å². The molecule has 1 aliphatic heterocycles. The summed E-state index contributed by atoms with van der Waals surface area (Å²) in [6, 6.07) is 0. The summed E-state index contributed by atoms with van der Waals surface area (Å²) in [5.41, 5.74) is 0. The predicted octanol–water partition coefficient (Wildman–Crippen LogP) is 0.369. The summed E-state index contributed by atoms with van der Waals surface area (Å²) in [5, 5.41) is 11.0. The van der Waals surface area contributed by atoms with Crippen molar-refractivity contribution in [2.24, 2.45) is 5.92 Å². The van der Waals surface area contributed by atoms with Gasteiger partial charge in [-0.1, -0.05) is 0 Å². The molecule has 0 unspecified atom stereocenters. The minimum absolute atomic E-state index is 0.0524. The van der Waals surface area contributed by atoms with Gasteiger partial charge in [0.25, 0.3) is 0 Å². The molecule has 0 radical (unpaired) electrons. The highest BCUT2D eigenvalue weighted by atomic mass is 19.4. The third kappa shape index (κ3) is 4.91. The molecule has 4 nitrogen and oxygen atoms in total. The molecule has 0 atom stereocenters. The van der Waals surface area contributed by atoms with E-state index >= 15 is 0 Å². The zero-order chi connectivity index (χ0) is 12.9. The highest BCUT2D eigenvalue weighted by molar-refractivity contribution is 5.77. The number of nitrogens with zero attached hydrogens (tertiary/aromatic N) is 1. The predicted molar refractivity (Wildman–Crippen MR) is 55.3 cm³/mol. The molecule has 0 aromatic heterocycles. The summed E-state index contributed by atoms with van der Waals surface area (Å²) in [6.07, 6.45) is -4.02. The van der Waals surface area contributed by atoms with Crippen LogP contribution >= 0.6 is 0 Å². The average molecular weight is 254 g/mol. The number of alkyl halides is 3. The molecule has 0 bridgehead atoms. The van der Waals surface area contributed by atoms with Crippen LogP contribution in [-0.4, -0.2) is 54.9 Å². The molecule has 0 aromatic carbocycles. The van der Waals surface area contributed by atoms with E-state index in [0.29, 0.717) is 0 Å². The fraction of sp³-hybridized carbons (Fsp3) is 0.900. The van der Waals surface area contributed by atoms with Crippen molar-refractivity contribution in [2.75, 3.05) is 32.8 Å². The number of hydrogen-bond donors (Lipinski definition) is 2. The SMILES string of the molecule is O=C(CN1CCC(C(F)(F)F)CC1)NCCO. The van der Waals surface area contributed by atoms with Crippen molar-refractivity contribution >= 4 is 5.91 Å². The normalized spacial score (nSPS) is 19.3. The highest BCUT2D eigenvalue weighted by Gasteiger charge is 2.41. The minimum Gasteiger partial charge on any atom is -0.395 e. The molecular formula is C10H17F3N2O2. The Balaban J connectivity index is 2.25. The minimum atomic E-state index is -4.12. The van der Waals surface area contributed by atoms with E-state index in [9.17, 15) is 18.0 Å². The van der Waals surface area contributed by atoms with Crippen molar-refractivity contribution in [3.63, 3.8) is 0 Å². The monoisotopic (exact) mass is 254 g/mol. The molecule has 100 valence electrons. The van der Waals surface area contributed by atoms with E-state index in [4.69, 9.17) is 5.11 Å². The number of aliphatic hydroxyl groups excluding tert-OH is 1. The molecule has 1 fully saturated rings. The van der Waals surface area contributed by atoms with Crippen molar-refractivity contribution in [3.8, 4) is 0 Å². The Labute approximate surface area is 97.8 Å². The van der Waals surface area contributed by atoms with Crippen LogP contribution in [0.4, 0.5) is 13.2 Å². The molecule has 1 heterocycles. The van der Waals surface area contributed by atoms with Gasteiger partial charge in [0.05, 0.1) is 19.1 Å². The third-order valence-corrected chi connectivity index (χ3v) is 2.85. The summed E-state index contributed by atoms with van der Waals surface area (Å²) >= 11 is 0. The first-order valence-corrected chi connectivity index (χ1v) is 5.60. The Morgan fingerprint density at radius 3 is 2.41 bits per heavy atom. The molecule has 1 rings (SSSR count). The standard InChI is InChI=1S/C10H17F3N2O2/c11-10(12,13)8-1-4-15(5-2-8)7-9(17)14-3-6-16/h8,16H,1-7H2,(H,14,17). The number of hydrogen-bond acceptors (Lipinski definition) is 3. The van der Waals surface area contributed by atoms with Crippen LogP contribution in [0.25, 0.3) is 0 Å². The Morgan fingerprint density at radius 2 is 1.94 bits per heavy atom. The topological polar surface area (TPSA) is 52.6 Å². The van der Waals surface area contributed by atoms with Gasteiger partial charge in [-0.15, -0.1) is 0 Å². The molecule has 1 aliphatic rings. The van der Waals surface area contributed by atoms with Crippen LogP contribution in [0.2, 0.25) is 0 Å². The fourth-order valence-corrected chi connectivity index (χ4v) is 1.87. The Hall–Kier alpha value is -0.820. The maximum absolute atomic E-state index is 12.4. The molecule has 17 heavy (non-hydrogen) atoms. The van der Waals surface area contributed by atoms with Crippen LogP contribution in [0.3, 0.4) is 0 Å². The lowest BCUT2D eigenvalue weighted by molar-refractivity contribution is -0.185. The number of amides is 1. The van der Waals surface area contributed by atoms with E-state index in [1.165, 1.54) is 0 Å². The van der Waals surface area contributed by atoms with E-state index in [1.54, 1.807) is 4.90 Å². The average Bonchev–Trinajstić information content (AvgIpc) is 2.26. The lowest BCUT2D eigenvalue weighted by Crippen LogP contribution is -2.44. The maximum Gasteiger partial charge on any atom is 0.391 e. The number of carbonyl (C=O) groups is 1. The first-order valence-electron chi connectivity index (χ1n) is 5.60. The number of likely N-dealkylation sites (tertiary alicyclic amines) is 1. The molecule has 0 spiro atoms. The molecule has 7 heteroatoms. The third-order valence-electron chi connectivity index (χ3n) is 2.85. The van der Waals surface area contributed by atoms with Gasteiger partial charge in [-0.05, 0) is 25.9 Å². The zero-order valence-corrected chi connectivity index (χ0v) is 9.46. The van der Waals surface area contributed by atoms with E-state index in [-0.39, 0.29) is 51.5 Å². The van der Waals surface area contributed by atoms with E-state index < -0.39 is 12.1 Å². The molecule has 2 N–H and O–H groups in total. The second-order valence-corrected chi connectivity index (χ2v) is 4.17. The summed E-state index contributed by atoms with van der Waals surface area (Å²) in [4.78, 5) is 13.0. The summed E-state index contributed by atoms with van der Waals surface area (Å²) < 4.78 is 37.1. The molecule has 0 aliphatic carbocycles. The van der Waals surface area contributed by atoms with Gasteiger partial charge < -0.3 is 10.4 Å².